The minimum absolute atomic E-state index is 0.125. The lowest BCUT2D eigenvalue weighted by atomic mass is 10.1. The molecule has 34 heavy (non-hydrogen) atoms. The first-order valence-corrected chi connectivity index (χ1v) is 12.5. The topological polar surface area (TPSA) is 90.0 Å². The summed E-state index contributed by atoms with van der Waals surface area (Å²) in [6.07, 6.45) is 0.740. The number of halogens is 1. The number of carbonyl (C=O) groups is 2. The van der Waals surface area contributed by atoms with E-state index in [0.29, 0.717) is 6.54 Å². The van der Waals surface area contributed by atoms with Gasteiger partial charge in [-0.2, -0.15) is 12.7 Å². The molecule has 1 atom stereocenters. The standard InChI is InChI=1S/C24H33FN4O4S/c1-6-14-26-24(31)19(3)28(16-20-9-7-8-18(2)15-20)23(30)17-29(34(32,33)27(4)5)22-12-10-21(25)11-13-22/h7-13,15,19H,6,14,16-17H2,1-5H3,(H,26,31)/t19-/m1/s1. The van der Waals surface area contributed by atoms with Gasteiger partial charge in [-0.3, -0.25) is 9.59 Å². The average molecular weight is 493 g/mol. The largest absolute Gasteiger partial charge is 0.354 e. The highest BCUT2D eigenvalue weighted by Crippen LogP contribution is 2.21. The van der Waals surface area contributed by atoms with Gasteiger partial charge in [0, 0.05) is 27.2 Å². The Balaban J connectivity index is 2.43. The Morgan fingerprint density at radius 1 is 1.09 bits per heavy atom. The molecule has 8 nitrogen and oxygen atoms in total. The third-order valence-electron chi connectivity index (χ3n) is 5.29. The molecule has 0 radical (unpaired) electrons. The molecule has 0 heterocycles. The van der Waals surface area contributed by atoms with Crippen molar-refractivity contribution in [3.8, 4) is 0 Å². The summed E-state index contributed by atoms with van der Waals surface area (Å²) >= 11 is 0. The molecule has 0 aromatic heterocycles. The van der Waals surface area contributed by atoms with E-state index in [0.717, 1.165) is 38.3 Å². The van der Waals surface area contributed by atoms with Gasteiger partial charge in [0.25, 0.3) is 0 Å². The van der Waals surface area contributed by atoms with Crippen molar-refractivity contribution >= 4 is 27.7 Å². The Morgan fingerprint density at radius 3 is 2.29 bits per heavy atom. The van der Waals surface area contributed by atoms with Crippen LogP contribution in [-0.4, -0.2) is 62.7 Å². The Kier molecular flexibility index (Phi) is 9.57. The lowest BCUT2D eigenvalue weighted by Gasteiger charge is -2.32. The first-order valence-electron chi connectivity index (χ1n) is 11.1. The van der Waals surface area contributed by atoms with E-state index in [1.807, 2.05) is 38.1 Å². The number of hydrogen-bond acceptors (Lipinski definition) is 4. The first kappa shape index (κ1) is 27.3. The zero-order chi connectivity index (χ0) is 25.5. The molecule has 0 fully saturated rings. The third kappa shape index (κ3) is 7.01. The molecule has 2 aromatic rings. The van der Waals surface area contributed by atoms with E-state index in [4.69, 9.17) is 0 Å². The second-order valence-electron chi connectivity index (χ2n) is 8.25. The molecule has 0 aliphatic heterocycles. The maximum absolute atomic E-state index is 13.5. The lowest BCUT2D eigenvalue weighted by Crippen LogP contribution is -2.52. The monoisotopic (exact) mass is 492 g/mol. The van der Waals surface area contributed by atoms with Crippen molar-refractivity contribution in [2.24, 2.45) is 0 Å². The van der Waals surface area contributed by atoms with Crippen LogP contribution in [0.15, 0.2) is 48.5 Å². The van der Waals surface area contributed by atoms with Crippen molar-refractivity contribution in [3.05, 3.63) is 65.5 Å². The predicted octanol–water partition coefficient (Wildman–Crippen LogP) is 2.69. The van der Waals surface area contributed by atoms with E-state index >= 15 is 0 Å². The summed E-state index contributed by atoms with van der Waals surface area (Å²) in [4.78, 5) is 27.6. The van der Waals surface area contributed by atoms with Gasteiger partial charge in [-0.05, 0) is 50.1 Å². The number of hydrogen-bond donors (Lipinski definition) is 1. The fourth-order valence-electron chi connectivity index (χ4n) is 3.31. The quantitative estimate of drug-likeness (QED) is 0.522. The van der Waals surface area contributed by atoms with Crippen molar-refractivity contribution in [3.63, 3.8) is 0 Å². The second kappa shape index (κ2) is 11.9. The third-order valence-corrected chi connectivity index (χ3v) is 7.11. The highest BCUT2D eigenvalue weighted by Gasteiger charge is 2.32. The summed E-state index contributed by atoms with van der Waals surface area (Å²) in [5.74, 6) is -1.42. The molecular weight excluding hydrogens is 459 g/mol. The summed E-state index contributed by atoms with van der Waals surface area (Å²) in [7, 11) is -1.38. The van der Waals surface area contributed by atoms with Crippen LogP contribution in [0, 0.1) is 12.7 Å². The van der Waals surface area contributed by atoms with Gasteiger partial charge in [-0.1, -0.05) is 36.8 Å². The number of carbonyl (C=O) groups excluding carboxylic acids is 2. The molecule has 0 saturated heterocycles. The van der Waals surface area contributed by atoms with Gasteiger partial charge in [0.2, 0.25) is 11.8 Å². The number of nitrogens with one attached hydrogen (secondary N) is 1. The molecule has 0 unspecified atom stereocenters. The van der Waals surface area contributed by atoms with E-state index in [1.54, 1.807) is 6.92 Å². The number of benzene rings is 2. The molecule has 1 N–H and O–H groups in total. The fourth-order valence-corrected chi connectivity index (χ4v) is 4.37. The molecule has 2 amide bonds. The van der Waals surface area contributed by atoms with Gasteiger partial charge in [0.05, 0.1) is 5.69 Å². The smallest absolute Gasteiger partial charge is 0.304 e. The Labute approximate surface area is 201 Å². The molecule has 2 aromatic carbocycles. The summed E-state index contributed by atoms with van der Waals surface area (Å²) < 4.78 is 41.4. The molecule has 186 valence electrons. The fraction of sp³-hybridized carbons (Fsp3) is 0.417. The molecule has 0 aliphatic carbocycles. The molecule has 0 spiro atoms. The lowest BCUT2D eigenvalue weighted by molar-refractivity contribution is -0.139. The highest BCUT2D eigenvalue weighted by atomic mass is 32.2. The van der Waals surface area contributed by atoms with Gasteiger partial charge in [-0.15, -0.1) is 0 Å². The number of anilines is 1. The van der Waals surface area contributed by atoms with Gasteiger partial charge >= 0.3 is 10.2 Å². The van der Waals surface area contributed by atoms with Crippen LogP contribution in [0.2, 0.25) is 0 Å². The van der Waals surface area contributed by atoms with Gasteiger partial charge < -0.3 is 10.2 Å². The number of aryl methyl sites for hydroxylation is 1. The van der Waals surface area contributed by atoms with Crippen LogP contribution in [0.25, 0.3) is 0 Å². The molecule has 2 rings (SSSR count). The first-order chi connectivity index (χ1) is 16.0. The van der Waals surface area contributed by atoms with E-state index in [2.05, 4.69) is 5.32 Å². The van der Waals surface area contributed by atoms with Crippen LogP contribution in [0.3, 0.4) is 0 Å². The van der Waals surface area contributed by atoms with Crippen LogP contribution in [0.4, 0.5) is 10.1 Å². The van der Waals surface area contributed by atoms with Crippen molar-refractivity contribution < 1.29 is 22.4 Å². The number of rotatable bonds is 11. The average Bonchev–Trinajstić information content (AvgIpc) is 2.79. The van der Waals surface area contributed by atoms with Crippen LogP contribution < -0.4 is 9.62 Å². The zero-order valence-electron chi connectivity index (χ0n) is 20.3. The van der Waals surface area contributed by atoms with Crippen LogP contribution in [0.1, 0.15) is 31.4 Å². The SMILES string of the molecule is CCCNC(=O)[C@@H](C)N(Cc1cccc(C)c1)C(=O)CN(c1ccc(F)cc1)S(=O)(=O)N(C)C. The molecule has 10 heteroatoms. The highest BCUT2D eigenvalue weighted by molar-refractivity contribution is 7.90. The summed E-state index contributed by atoms with van der Waals surface area (Å²) in [5, 5.41) is 2.79. The summed E-state index contributed by atoms with van der Waals surface area (Å²) in [6, 6.07) is 11.5. The maximum atomic E-state index is 13.5. The van der Waals surface area contributed by atoms with Crippen molar-refractivity contribution in [2.75, 3.05) is 31.5 Å². The predicted molar refractivity (Wildman–Crippen MR) is 131 cm³/mol. The van der Waals surface area contributed by atoms with E-state index < -0.39 is 34.5 Å². The summed E-state index contributed by atoms with van der Waals surface area (Å²) in [6.45, 7) is 5.50. The Hall–Kier alpha value is -2.98. The second-order valence-corrected chi connectivity index (χ2v) is 10.3. The van der Waals surface area contributed by atoms with E-state index in [1.165, 1.54) is 31.1 Å². The molecular formula is C24H33FN4O4S. The zero-order valence-corrected chi connectivity index (χ0v) is 21.1. The van der Waals surface area contributed by atoms with Crippen LogP contribution in [-0.2, 0) is 26.3 Å². The normalized spacial score (nSPS) is 12.3. The minimum atomic E-state index is -4.08. The molecule has 0 aliphatic rings. The van der Waals surface area contributed by atoms with Crippen LogP contribution >= 0.6 is 0 Å². The van der Waals surface area contributed by atoms with Gasteiger partial charge in [0.15, 0.2) is 0 Å². The summed E-state index contributed by atoms with van der Waals surface area (Å²) in [5.41, 5.74) is 1.95. The van der Waals surface area contributed by atoms with Crippen molar-refractivity contribution in [1.82, 2.24) is 14.5 Å². The maximum Gasteiger partial charge on any atom is 0.304 e. The van der Waals surface area contributed by atoms with Crippen molar-refractivity contribution in [1.29, 1.82) is 0 Å². The Morgan fingerprint density at radius 2 is 1.74 bits per heavy atom. The van der Waals surface area contributed by atoms with Gasteiger partial charge in [0.1, 0.15) is 18.4 Å². The molecule has 0 saturated carbocycles. The van der Waals surface area contributed by atoms with Crippen LogP contribution in [0.5, 0.6) is 0 Å². The Bertz CT molecular complexity index is 1090. The van der Waals surface area contributed by atoms with E-state index in [-0.39, 0.29) is 18.1 Å². The number of amides is 2. The van der Waals surface area contributed by atoms with Gasteiger partial charge in [-0.25, -0.2) is 8.70 Å². The van der Waals surface area contributed by atoms with Crippen molar-refractivity contribution in [2.45, 2.75) is 39.8 Å². The van der Waals surface area contributed by atoms with E-state index in [9.17, 15) is 22.4 Å². The number of nitrogens with zero attached hydrogens (tertiary/aromatic N) is 3. The molecule has 0 bridgehead atoms. The minimum Gasteiger partial charge on any atom is -0.354 e.